The Morgan fingerprint density at radius 3 is 2.71 bits per heavy atom. The van der Waals surface area contributed by atoms with Crippen LogP contribution in [-0.4, -0.2) is 51.6 Å². The molecule has 1 amide bonds. The molecule has 1 atom stereocenters. The summed E-state index contributed by atoms with van der Waals surface area (Å²) in [5.74, 6) is 0.293. The Balaban J connectivity index is 1.69. The first-order valence-electron chi connectivity index (χ1n) is 11.4. The molecule has 3 heterocycles. The molecule has 2 fully saturated rings. The van der Waals surface area contributed by atoms with Gasteiger partial charge in [0.1, 0.15) is 11.6 Å². The summed E-state index contributed by atoms with van der Waals surface area (Å²) in [6.07, 6.45) is 5.29. The molecule has 1 saturated carbocycles. The molecular weight excluding hydrogens is 435 g/mol. The Kier molecular flexibility index (Phi) is 5.75. The maximum absolute atomic E-state index is 14.6. The van der Waals surface area contributed by atoms with E-state index < -0.39 is 5.82 Å². The maximum Gasteiger partial charge on any atom is 0.274 e. The predicted molar refractivity (Wildman–Crippen MR) is 125 cm³/mol. The van der Waals surface area contributed by atoms with Crippen LogP contribution in [0.3, 0.4) is 0 Å². The van der Waals surface area contributed by atoms with E-state index in [0.29, 0.717) is 41.7 Å². The number of methoxy groups -OCH3 is 1. The highest BCUT2D eigenvalue weighted by molar-refractivity contribution is 5.95. The third kappa shape index (κ3) is 4.01. The summed E-state index contributed by atoms with van der Waals surface area (Å²) in [7, 11) is 1.54. The average molecular weight is 461 g/mol. The van der Waals surface area contributed by atoms with Crippen LogP contribution in [0.25, 0.3) is 21.9 Å². The second-order valence-corrected chi connectivity index (χ2v) is 8.77. The van der Waals surface area contributed by atoms with Gasteiger partial charge in [-0.3, -0.25) is 9.36 Å². The Morgan fingerprint density at radius 1 is 1.26 bits per heavy atom. The first kappa shape index (κ1) is 22.0. The lowest BCUT2D eigenvalue weighted by Crippen LogP contribution is -2.46. The van der Waals surface area contributed by atoms with Gasteiger partial charge < -0.3 is 15.4 Å². The quantitative estimate of drug-likeness (QED) is 0.580. The molecule has 174 valence electrons. The summed E-state index contributed by atoms with van der Waals surface area (Å²) in [5.41, 5.74) is 8.44. The third-order valence-corrected chi connectivity index (χ3v) is 6.34. The van der Waals surface area contributed by atoms with Gasteiger partial charge in [-0.05, 0) is 37.8 Å². The molecule has 0 unspecified atom stereocenters. The van der Waals surface area contributed by atoms with Crippen LogP contribution < -0.4 is 10.5 Å². The van der Waals surface area contributed by atoms with Crippen LogP contribution in [-0.2, 0) is 0 Å². The van der Waals surface area contributed by atoms with Crippen molar-refractivity contribution in [1.29, 1.82) is 0 Å². The number of carbonyl (C=O) groups is 1. The molecule has 9 heteroatoms. The number of halogens is 1. The second kappa shape index (κ2) is 8.88. The predicted octanol–water partition coefficient (Wildman–Crippen LogP) is 4.07. The molecule has 0 spiro atoms. The van der Waals surface area contributed by atoms with Crippen LogP contribution >= 0.6 is 0 Å². The zero-order valence-corrected chi connectivity index (χ0v) is 18.9. The summed E-state index contributed by atoms with van der Waals surface area (Å²) in [4.78, 5) is 27.7. The smallest absolute Gasteiger partial charge is 0.274 e. The van der Waals surface area contributed by atoms with Crippen LogP contribution in [0.15, 0.2) is 36.5 Å². The molecule has 5 rings (SSSR count). The van der Waals surface area contributed by atoms with E-state index in [1.807, 2.05) is 10.6 Å². The monoisotopic (exact) mass is 460 g/mol. The average Bonchev–Trinajstić information content (AvgIpc) is 3.62. The molecule has 0 radical (unpaired) electrons. The topological polar surface area (TPSA) is 90.6 Å². The van der Waals surface area contributed by atoms with Crippen molar-refractivity contribution in [3.05, 3.63) is 65.2 Å². The molecule has 8 nitrogen and oxygen atoms in total. The number of imidazole rings is 1. The van der Waals surface area contributed by atoms with Crippen molar-refractivity contribution >= 4 is 11.6 Å². The second-order valence-electron chi connectivity index (χ2n) is 8.77. The molecular formula is C25H25FN6O2. The van der Waals surface area contributed by atoms with Gasteiger partial charge in [-0.15, -0.1) is 0 Å². The van der Waals surface area contributed by atoms with E-state index in [4.69, 9.17) is 22.0 Å². The summed E-state index contributed by atoms with van der Waals surface area (Å²) in [6.45, 7) is 8.27. The van der Waals surface area contributed by atoms with Gasteiger partial charge in [-0.1, -0.05) is 12.1 Å². The van der Waals surface area contributed by atoms with Crippen molar-refractivity contribution < 1.29 is 13.9 Å². The lowest BCUT2D eigenvalue weighted by molar-refractivity contribution is 0.0702. The molecule has 34 heavy (non-hydrogen) atoms. The number of benzene rings is 1. The van der Waals surface area contributed by atoms with Crippen molar-refractivity contribution in [1.82, 2.24) is 19.4 Å². The van der Waals surface area contributed by atoms with E-state index in [0.717, 1.165) is 31.4 Å². The molecule has 3 aromatic rings. The standard InChI is InChI=1S/C25H25FN6O2/c1-28-20-9-7-16(12-19(20)26)24-30-22(25(33)31-11-3-4-17(27)14-31)23(15-5-6-15)32(24)18-8-10-21(34-2)29-13-18/h7-10,12-13,15,17H,3-6,11,14,27H2,2H3/t17-/m1/s1. The molecule has 2 N–H and O–H groups in total. The van der Waals surface area contributed by atoms with Crippen LogP contribution in [0.5, 0.6) is 5.88 Å². The Morgan fingerprint density at radius 2 is 2.09 bits per heavy atom. The minimum Gasteiger partial charge on any atom is -0.481 e. The van der Waals surface area contributed by atoms with Crippen molar-refractivity contribution in [2.75, 3.05) is 20.2 Å². The van der Waals surface area contributed by atoms with Crippen LogP contribution in [0.2, 0.25) is 0 Å². The van der Waals surface area contributed by atoms with Gasteiger partial charge in [0, 0.05) is 36.7 Å². The highest BCUT2D eigenvalue weighted by atomic mass is 19.1. The number of nitrogens with two attached hydrogens (primary N) is 1. The zero-order chi connectivity index (χ0) is 23.8. The van der Waals surface area contributed by atoms with Crippen molar-refractivity contribution in [2.45, 2.75) is 37.6 Å². The Hall–Kier alpha value is -3.77. The number of rotatable bonds is 5. The fraction of sp³-hybridized carbons (Fsp3) is 0.360. The first-order chi connectivity index (χ1) is 16.5. The number of piperidine rings is 1. The largest absolute Gasteiger partial charge is 0.481 e. The van der Waals surface area contributed by atoms with Crippen LogP contribution in [0.4, 0.5) is 10.1 Å². The highest BCUT2D eigenvalue weighted by Crippen LogP contribution is 2.45. The Bertz CT molecular complexity index is 1280. The van der Waals surface area contributed by atoms with E-state index in [-0.39, 0.29) is 23.6 Å². The number of hydrogen-bond acceptors (Lipinski definition) is 5. The number of carbonyl (C=O) groups excluding carboxylic acids is 1. The SMILES string of the molecule is [C-]#[N+]c1ccc(-c2nc(C(=O)N3CCC[C@@H](N)C3)c(C3CC3)n2-c2ccc(OC)nc2)cc1F. The van der Waals surface area contributed by atoms with E-state index >= 15 is 0 Å². The lowest BCUT2D eigenvalue weighted by atomic mass is 10.1. The number of aromatic nitrogens is 3. The van der Waals surface area contributed by atoms with Gasteiger partial charge in [-0.2, -0.15) is 0 Å². The molecule has 2 aromatic heterocycles. The van der Waals surface area contributed by atoms with Crippen LogP contribution in [0, 0.1) is 12.4 Å². The van der Waals surface area contributed by atoms with E-state index in [2.05, 4.69) is 9.83 Å². The fourth-order valence-corrected chi connectivity index (χ4v) is 4.48. The van der Waals surface area contributed by atoms with Gasteiger partial charge in [0.25, 0.3) is 5.91 Å². The van der Waals surface area contributed by atoms with Gasteiger partial charge in [0.2, 0.25) is 11.6 Å². The van der Waals surface area contributed by atoms with E-state index in [9.17, 15) is 9.18 Å². The first-order valence-corrected chi connectivity index (χ1v) is 11.4. The summed E-state index contributed by atoms with van der Waals surface area (Å²) in [5, 5.41) is 0. The Labute approximate surface area is 197 Å². The number of amides is 1. The van der Waals surface area contributed by atoms with E-state index in [1.54, 1.807) is 30.3 Å². The number of likely N-dealkylation sites (tertiary alicyclic amines) is 1. The minimum absolute atomic E-state index is 0.0512. The van der Waals surface area contributed by atoms with Gasteiger partial charge >= 0.3 is 0 Å². The molecule has 0 bridgehead atoms. The summed E-state index contributed by atoms with van der Waals surface area (Å²) >= 11 is 0. The number of ether oxygens (including phenoxy) is 1. The molecule has 1 saturated heterocycles. The number of nitrogens with zero attached hydrogens (tertiary/aromatic N) is 5. The lowest BCUT2D eigenvalue weighted by Gasteiger charge is -2.30. The molecule has 1 aliphatic heterocycles. The van der Waals surface area contributed by atoms with Crippen LogP contribution in [0.1, 0.15) is 47.8 Å². The normalized spacial score (nSPS) is 17.9. The highest BCUT2D eigenvalue weighted by Gasteiger charge is 2.37. The van der Waals surface area contributed by atoms with Crippen molar-refractivity contribution in [2.24, 2.45) is 5.73 Å². The maximum atomic E-state index is 14.6. The number of hydrogen-bond donors (Lipinski definition) is 1. The summed E-state index contributed by atoms with van der Waals surface area (Å²) in [6, 6.07) is 7.93. The van der Waals surface area contributed by atoms with Crippen molar-refractivity contribution in [3.8, 4) is 23.0 Å². The van der Waals surface area contributed by atoms with E-state index in [1.165, 1.54) is 12.1 Å². The molecule has 1 aliphatic carbocycles. The third-order valence-electron chi connectivity index (χ3n) is 6.34. The molecule has 1 aromatic carbocycles. The van der Waals surface area contributed by atoms with Crippen molar-refractivity contribution in [3.63, 3.8) is 0 Å². The van der Waals surface area contributed by atoms with Gasteiger partial charge in [-0.25, -0.2) is 19.2 Å². The molecule has 2 aliphatic rings. The van der Waals surface area contributed by atoms with Gasteiger partial charge in [0.05, 0.1) is 31.3 Å². The minimum atomic E-state index is -0.627. The summed E-state index contributed by atoms with van der Waals surface area (Å²) < 4.78 is 21.7. The zero-order valence-electron chi connectivity index (χ0n) is 18.9. The number of pyridine rings is 1. The fourth-order valence-electron chi connectivity index (χ4n) is 4.48. The van der Waals surface area contributed by atoms with Gasteiger partial charge in [0.15, 0.2) is 5.69 Å².